The molecule has 2 aromatic rings. The van der Waals surface area contributed by atoms with Gasteiger partial charge < -0.3 is 10.3 Å². The number of rotatable bonds is 3. The van der Waals surface area contributed by atoms with Crippen LogP contribution in [0, 0.1) is 6.92 Å². The third-order valence-electron chi connectivity index (χ3n) is 4.51. The van der Waals surface area contributed by atoms with E-state index in [1.807, 2.05) is 12.1 Å². The Morgan fingerprint density at radius 1 is 1.14 bits per heavy atom. The Labute approximate surface area is 125 Å². The maximum atomic E-state index is 6.53. The summed E-state index contributed by atoms with van der Waals surface area (Å²) < 4.78 is 5.44. The highest BCUT2D eigenvalue weighted by Gasteiger charge is 2.33. The standard InChI is InChI=1S/C17H23N3O/c1-13-8-4-5-9-14(13)12-15-19-16(20-21-15)17(18)10-6-2-3-7-11-17/h4-5,8-9H,2-3,6-7,10-12,18H2,1H3. The van der Waals surface area contributed by atoms with Crippen LogP contribution in [-0.2, 0) is 12.0 Å². The van der Waals surface area contributed by atoms with Gasteiger partial charge in [-0.2, -0.15) is 4.98 Å². The van der Waals surface area contributed by atoms with Gasteiger partial charge in [0.15, 0.2) is 5.82 Å². The van der Waals surface area contributed by atoms with Crippen molar-refractivity contribution >= 4 is 0 Å². The van der Waals surface area contributed by atoms with Gasteiger partial charge in [0, 0.05) is 0 Å². The van der Waals surface area contributed by atoms with E-state index < -0.39 is 5.54 Å². The van der Waals surface area contributed by atoms with Crippen LogP contribution in [-0.4, -0.2) is 10.1 Å². The molecule has 1 fully saturated rings. The molecule has 0 amide bonds. The molecule has 1 saturated carbocycles. The van der Waals surface area contributed by atoms with Crippen LogP contribution in [0.1, 0.15) is 61.4 Å². The molecule has 2 N–H and O–H groups in total. The molecule has 0 saturated heterocycles. The summed E-state index contributed by atoms with van der Waals surface area (Å²) in [6.45, 7) is 2.10. The molecule has 1 heterocycles. The van der Waals surface area contributed by atoms with Crippen molar-refractivity contribution in [3.8, 4) is 0 Å². The largest absolute Gasteiger partial charge is 0.339 e. The molecule has 0 atom stereocenters. The second kappa shape index (κ2) is 5.98. The molecule has 4 heteroatoms. The van der Waals surface area contributed by atoms with Crippen LogP contribution in [0.15, 0.2) is 28.8 Å². The lowest BCUT2D eigenvalue weighted by atomic mass is 9.91. The SMILES string of the molecule is Cc1ccccc1Cc1nc(C2(N)CCCCCC2)no1. The van der Waals surface area contributed by atoms with Crippen molar-refractivity contribution in [2.45, 2.75) is 57.4 Å². The van der Waals surface area contributed by atoms with E-state index in [9.17, 15) is 0 Å². The van der Waals surface area contributed by atoms with Gasteiger partial charge in [-0.25, -0.2) is 0 Å². The highest BCUT2D eigenvalue weighted by molar-refractivity contribution is 5.27. The van der Waals surface area contributed by atoms with E-state index in [0.29, 0.717) is 18.1 Å². The third kappa shape index (κ3) is 3.16. The minimum atomic E-state index is -0.399. The second-order valence-corrected chi connectivity index (χ2v) is 6.19. The molecule has 1 aliphatic carbocycles. The predicted octanol–water partition coefficient (Wildman–Crippen LogP) is 3.48. The zero-order chi connectivity index (χ0) is 14.7. The van der Waals surface area contributed by atoms with Crippen LogP contribution < -0.4 is 5.73 Å². The first-order valence-electron chi connectivity index (χ1n) is 7.84. The van der Waals surface area contributed by atoms with E-state index in [0.717, 1.165) is 25.7 Å². The Morgan fingerprint density at radius 3 is 2.57 bits per heavy atom. The van der Waals surface area contributed by atoms with Crippen molar-refractivity contribution < 1.29 is 4.52 Å². The predicted molar refractivity (Wildman–Crippen MR) is 81.9 cm³/mol. The normalized spacial score (nSPS) is 18.4. The first-order valence-corrected chi connectivity index (χ1v) is 7.84. The number of nitrogens with two attached hydrogens (primary N) is 1. The molecule has 21 heavy (non-hydrogen) atoms. The van der Waals surface area contributed by atoms with Crippen molar-refractivity contribution in [3.63, 3.8) is 0 Å². The van der Waals surface area contributed by atoms with Crippen LogP contribution in [0.5, 0.6) is 0 Å². The summed E-state index contributed by atoms with van der Waals surface area (Å²) in [5.41, 5.74) is 8.60. The van der Waals surface area contributed by atoms with E-state index in [1.54, 1.807) is 0 Å². The average Bonchev–Trinajstić information content (AvgIpc) is 2.84. The number of benzene rings is 1. The fraction of sp³-hybridized carbons (Fsp3) is 0.529. The summed E-state index contributed by atoms with van der Waals surface area (Å²) in [4.78, 5) is 4.58. The summed E-state index contributed by atoms with van der Waals surface area (Å²) in [6, 6.07) is 8.28. The van der Waals surface area contributed by atoms with Crippen molar-refractivity contribution in [2.24, 2.45) is 5.73 Å². The highest BCUT2D eigenvalue weighted by atomic mass is 16.5. The molecule has 1 aromatic carbocycles. The molecule has 0 spiro atoms. The van der Waals surface area contributed by atoms with E-state index in [1.165, 1.54) is 24.0 Å². The molecule has 0 radical (unpaired) electrons. The summed E-state index contributed by atoms with van der Waals surface area (Å²) in [6.07, 6.45) is 7.40. The van der Waals surface area contributed by atoms with Gasteiger partial charge in [-0.15, -0.1) is 0 Å². The quantitative estimate of drug-likeness (QED) is 0.877. The van der Waals surface area contributed by atoms with Crippen molar-refractivity contribution in [1.82, 2.24) is 10.1 Å². The first kappa shape index (κ1) is 14.3. The molecule has 1 aliphatic rings. The van der Waals surface area contributed by atoms with Crippen LogP contribution in [0.4, 0.5) is 0 Å². The van der Waals surface area contributed by atoms with E-state index >= 15 is 0 Å². The minimum Gasteiger partial charge on any atom is -0.339 e. The molecule has 3 rings (SSSR count). The van der Waals surface area contributed by atoms with Crippen LogP contribution >= 0.6 is 0 Å². The zero-order valence-electron chi connectivity index (χ0n) is 12.6. The van der Waals surface area contributed by atoms with Crippen LogP contribution in [0.2, 0.25) is 0 Å². The molecular weight excluding hydrogens is 262 g/mol. The molecule has 0 aliphatic heterocycles. The Bertz CT molecular complexity index is 598. The first-order chi connectivity index (χ1) is 10.2. The van der Waals surface area contributed by atoms with Crippen LogP contribution in [0.3, 0.4) is 0 Å². The molecule has 1 aromatic heterocycles. The molecule has 0 unspecified atom stereocenters. The van der Waals surface area contributed by atoms with Gasteiger partial charge in [-0.05, 0) is 30.9 Å². The van der Waals surface area contributed by atoms with Gasteiger partial charge in [0.2, 0.25) is 5.89 Å². The minimum absolute atomic E-state index is 0.399. The van der Waals surface area contributed by atoms with Crippen molar-refractivity contribution in [2.75, 3.05) is 0 Å². The van der Waals surface area contributed by atoms with Gasteiger partial charge in [-0.1, -0.05) is 55.1 Å². The fourth-order valence-corrected chi connectivity index (χ4v) is 3.08. The lowest BCUT2D eigenvalue weighted by molar-refractivity contribution is 0.326. The Balaban J connectivity index is 1.78. The topological polar surface area (TPSA) is 64.9 Å². The van der Waals surface area contributed by atoms with Gasteiger partial charge in [0.25, 0.3) is 0 Å². The molecular formula is C17H23N3O. The zero-order valence-corrected chi connectivity index (χ0v) is 12.6. The fourth-order valence-electron chi connectivity index (χ4n) is 3.08. The van der Waals surface area contributed by atoms with E-state index in [4.69, 9.17) is 10.3 Å². The van der Waals surface area contributed by atoms with Gasteiger partial charge in [-0.3, -0.25) is 0 Å². The van der Waals surface area contributed by atoms with Crippen LogP contribution in [0.25, 0.3) is 0 Å². The van der Waals surface area contributed by atoms with E-state index in [-0.39, 0.29) is 0 Å². The molecule has 4 nitrogen and oxygen atoms in total. The lowest BCUT2D eigenvalue weighted by Gasteiger charge is -2.23. The summed E-state index contributed by atoms with van der Waals surface area (Å²) in [5, 5.41) is 4.17. The number of hydrogen-bond acceptors (Lipinski definition) is 4. The maximum Gasteiger partial charge on any atom is 0.231 e. The third-order valence-corrected chi connectivity index (χ3v) is 4.51. The van der Waals surface area contributed by atoms with Crippen molar-refractivity contribution in [3.05, 3.63) is 47.1 Å². The smallest absolute Gasteiger partial charge is 0.231 e. The summed E-state index contributed by atoms with van der Waals surface area (Å²) in [5.74, 6) is 1.35. The monoisotopic (exact) mass is 285 g/mol. The van der Waals surface area contributed by atoms with Gasteiger partial charge in [0.05, 0.1) is 12.0 Å². The highest BCUT2D eigenvalue weighted by Crippen LogP contribution is 2.32. The Hall–Kier alpha value is -1.68. The average molecular weight is 285 g/mol. The Kier molecular flexibility index (Phi) is 4.06. The second-order valence-electron chi connectivity index (χ2n) is 6.19. The Morgan fingerprint density at radius 2 is 1.86 bits per heavy atom. The molecule has 112 valence electrons. The number of aryl methyl sites for hydroxylation is 1. The lowest BCUT2D eigenvalue weighted by Crippen LogP contribution is -2.37. The number of nitrogens with zero attached hydrogens (tertiary/aromatic N) is 2. The van der Waals surface area contributed by atoms with Gasteiger partial charge in [0.1, 0.15) is 0 Å². The number of hydrogen-bond donors (Lipinski definition) is 1. The molecule has 0 bridgehead atoms. The number of aromatic nitrogens is 2. The maximum absolute atomic E-state index is 6.53. The van der Waals surface area contributed by atoms with E-state index in [2.05, 4.69) is 29.2 Å². The van der Waals surface area contributed by atoms with Gasteiger partial charge >= 0.3 is 0 Å². The van der Waals surface area contributed by atoms with Crippen molar-refractivity contribution in [1.29, 1.82) is 0 Å². The summed E-state index contributed by atoms with van der Waals surface area (Å²) in [7, 11) is 0. The summed E-state index contributed by atoms with van der Waals surface area (Å²) >= 11 is 0.